The van der Waals surface area contributed by atoms with Gasteiger partial charge in [0.2, 0.25) is 0 Å². The molecule has 0 spiro atoms. The van der Waals surface area contributed by atoms with E-state index >= 15 is 0 Å². The number of nitrogens with one attached hydrogen (secondary N) is 1. The number of rotatable bonds is 3. The van der Waals surface area contributed by atoms with Crippen molar-refractivity contribution < 1.29 is 0 Å². The van der Waals surface area contributed by atoms with Crippen molar-refractivity contribution in [1.82, 2.24) is 24.5 Å². The van der Waals surface area contributed by atoms with E-state index in [1.165, 1.54) is 4.70 Å². The minimum absolute atomic E-state index is 0.772. The Balaban J connectivity index is 1.61. The van der Waals surface area contributed by atoms with Gasteiger partial charge >= 0.3 is 0 Å². The quantitative estimate of drug-likeness (QED) is 0.518. The van der Waals surface area contributed by atoms with Gasteiger partial charge in [-0.05, 0) is 30.3 Å². The fourth-order valence-corrected chi connectivity index (χ4v) is 3.68. The summed E-state index contributed by atoms with van der Waals surface area (Å²) in [5.74, 6) is 0.772. The fraction of sp³-hybridized carbons (Fsp3) is 0.0526. The van der Waals surface area contributed by atoms with E-state index in [2.05, 4.69) is 43.5 Å². The monoisotopic (exact) mass is 358 g/mol. The fourth-order valence-electron chi connectivity index (χ4n) is 3.02. The predicted molar refractivity (Wildman–Crippen MR) is 105 cm³/mol. The average molecular weight is 358 g/mol. The first-order chi connectivity index (χ1) is 12.8. The normalized spacial score (nSPS) is 11.3. The van der Waals surface area contributed by atoms with Crippen LogP contribution < -0.4 is 5.32 Å². The Labute approximate surface area is 153 Å². The summed E-state index contributed by atoms with van der Waals surface area (Å²) in [7, 11) is 1.98. The molecule has 0 amide bonds. The summed E-state index contributed by atoms with van der Waals surface area (Å²) in [6, 6.07) is 12.3. The van der Waals surface area contributed by atoms with Crippen molar-refractivity contribution in [3.8, 4) is 11.3 Å². The smallest absolute Gasteiger partial charge is 0.141 e. The maximum atomic E-state index is 4.45. The second-order valence-corrected chi connectivity index (χ2v) is 6.89. The number of aryl methyl sites for hydroxylation is 1. The van der Waals surface area contributed by atoms with Gasteiger partial charge in [-0.25, -0.2) is 19.9 Å². The van der Waals surface area contributed by atoms with E-state index < -0.39 is 0 Å². The molecule has 0 saturated heterocycles. The zero-order valence-electron chi connectivity index (χ0n) is 13.9. The van der Waals surface area contributed by atoms with Crippen LogP contribution in [-0.4, -0.2) is 24.5 Å². The Bertz CT molecular complexity index is 1240. The topological polar surface area (TPSA) is 68.5 Å². The SMILES string of the molecule is Cn1cncc1-c1ccc2ncnc(Nc3ccc4scnc4c3)c2c1. The number of hydrogen-bond donors (Lipinski definition) is 1. The van der Waals surface area contributed by atoms with Crippen LogP contribution in [0.1, 0.15) is 0 Å². The number of thiazole rings is 1. The highest BCUT2D eigenvalue weighted by Gasteiger charge is 2.09. The lowest BCUT2D eigenvalue weighted by Gasteiger charge is -2.10. The highest BCUT2D eigenvalue weighted by molar-refractivity contribution is 7.16. The van der Waals surface area contributed by atoms with Gasteiger partial charge in [0.1, 0.15) is 12.1 Å². The molecule has 0 radical (unpaired) electrons. The van der Waals surface area contributed by atoms with Gasteiger partial charge in [-0.1, -0.05) is 6.07 Å². The summed E-state index contributed by atoms with van der Waals surface area (Å²) < 4.78 is 3.16. The van der Waals surface area contributed by atoms with Crippen molar-refractivity contribution in [1.29, 1.82) is 0 Å². The number of benzene rings is 2. The maximum Gasteiger partial charge on any atom is 0.141 e. The number of anilines is 2. The molecule has 0 aliphatic heterocycles. The molecule has 0 atom stereocenters. The van der Waals surface area contributed by atoms with Crippen LogP contribution in [0.5, 0.6) is 0 Å². The molecule has 0 bridgehead atoms. The second kappa shape index (κ2) is 5.89. The van der Waals surface area contributed by atoms with Gasteiger partial charge in [-0.2, -0.15) is 0 Å². The molecule has 26 heavy (non-hydrogen) atoms. The molecular formula is C19H14N6S. The predicted octanol–water partition coefficient (Wildman–Crippen LogP) is 4.38. The standard InChI is InChI=1S/C19H14N6S/c1-25-10-20-8-17(25)12-2-4-15-14(6-12)19(22-9-21-15)24-13-3-5-18-16(7-13)23-11-26-18/h2-11H,1H3,(H,21,22,24). The molecule has 3 heterocycles. The molecule has 5 rings (SSSR count). The summed E-state index contributed by atoms with van der Waals surface area (Å²) in [4.78, 5) is 17.4. The van der Waals surface area contributed by atoms with E-state index in [-0.39, 0.29) is 0 Å². The Kier molecular flexibility index (Phi) is 3.39. The number of nitrogens with zero attached hydrogens (tertiary/aromatic N) is 5. The van der Waals surface area contributed by atoms with E-state index in [0.717, 1.165) is 39.2 Å². The van der Waals surface area contributed by atoms with Crippen molar-refractivity contribution >= 4 is 44.0 Å². The molecule has 0 fully saturated rings. The van der Waals surface area contributed by atoms with Crippen LogP contribution in [0, 0.1) is 0 Å². The zero-order valence-corrected chi connectivity index (χ0v) is 14.7. The van der Waals surface area contributed by atoms with Crippen LogP contribution in [0.25, 0.3) is 32.4 Å². The third kappa shape index (κ3) is 2.49. The van der Waals surface area contributed by atoms with Crippen molar-refractivity contribution in [3.05, 3.63) is 60.8 Å². The van der Waals surface area contributed by atoms with E-state index in [1.54, 1.807) is 24.0 Å². The molecule has 0 aliphatic rings. The Morgan fingerprint density at radius 1 is 1.00 bits per heavy atom. The van der Waals surface area contributed by atoms with Crippen LogP contribution in [0.3, 0.4) is 0 Å². The van der Waals surface area contributed by atoms with Gasteiger partial charge < -0.3 is 9.88 Å². The van der Waals surface area contributed by atoms with Crippen LogP contribution in [0.2, 0.25) is 0 Å². The molecule has 0 aliphatic carbocycles. The maximum absolute atomic E-state index is 4.45. The minimum atomic E-state index is 0.772. The Morgan fingerprint density at radius 2 is 1.96 bits per heavy atom. The lowest BCUT2D eigenvalue weighted by Crippen LogP contribution is -1.97. The Hall–Kier alpha value is -3.32. The lowest BCUT2D eigenvalue weighted by atomic mass is 10.1. The van der Waals surface area contributed by atoms with Crippen LogP contribution in [-0.2, 0) is 7.05 Å². The minimum Gasteiger partial charge on any atom is -0.340 e. The van der Waals surface area contributed by atoms with Crippen LogP contribution in [0.4, 0.5) is 11.5 Å². The molecule has 6 nitrogen and oxygen atoms in total. The third-order valence-corrected chi connectivity index (χ3v) is 5.15. The largest absolute Gasteiger partial charge is 0.340 e. The van der Waals surface area contributed by atoms with Gasteiger partial charge in [0, 0.05) is 23.7 Å². The molecule has 1 N–H and O–H groups in total. The van der Waals surface area contributed by atoms with Gasteiger partial charge in [0.15, 0.2) is 0 Å². The molecule has 3 aromatic heterocycles. The van der Waals surface area contributed by atoms with Gasteiger partial charge in [0.25, 0.3) is 0 Å². The van der Waals surface area contributed by atoms with Gasteiger partial charge in [-0.3, -0.25) is 0 Å². The molecule has 2 aromatic carbocycles. The van der Waals surface area contributed by atoms with Crippen LogP contribution >= 0.6 is 11.3 Å². The summed E-state index contributed by atoms with van der Waals surface area (Å²) in [6.07, 6.45) is 5.23. The lowest BCUT2D eigenvalue weighted by molar-refractivity contribution is 0.921. The summed E-state index contributed by atoms with van der Waals surface area (Å²) in [5, 5.41) is 4.37. The third-order valence-electron chi connectivity index (χ3n) is 4.34. The van der Waals surface area contributed by atoms with Crippen LogP contribution in [0.15, 0.2) is 60.8 Å². The van der Waals surface area contributed by atoms with Crippen molar-refractivity contribution in [3.63, 3.8) is 0 Å². The average Bonchev–Trinajstić information content (AvgIpc) is 3.30. The number of hydrogen-bond acceptors (Lipinski definition) is 6. The Morgan fingerprint density at radius 3 is 2.85 bits per heavy atom. The first-order valence-corrected chi connectivity index (χ1v) is 8.98. The van der Waals surface area contributed by atoms with Crippen molar-refractivity contribution in [2.75, 3.05) is 5.32 Å². The molecule has 126 valence electrons. The van der Waals surface area contributed by atoms with Gasteiger partial charge in [0.05, 0.1) is 39.5 Å². The number of aromatic nitrogens is 5. The zero-order chi connectivity index (χ0) is 17.5. The molecule has 5 aromatic rings. The van der Waals surface area contributed by atoms with E-state index in [1.807, 2.05) is 41.5 Å². The molecule has 0 unspecified atom stereocenters. The van der Waals surface area contributed by atoms with E-state index in [4.69, 9.17) is 0 Å². The summed E-state index contributed by atoms with van der Waals surface area (Å²) in [5.41, 5.74) is 6.80. The van der Waals surface area contributed by atoms with E-state index in [9.17, 15) is 0 Å². The first kappa shape index (κ1) is 15.0. The van der Waals surface area contributed by atoms with Gasteiger partial charge in [-0.15, -0.1) is 11.3 Å². The highest BCUT2D eigenvalue weighted by Crippen LogP contribution is 2.29. The van der Waals surface area contributed by atoms with Crippen molar-refractivity contribution in [2.24, 2.45) is 7.05 Å². The molecule has 7 heteroatoms. The molecule has 0 saturated carbocycles. The van der Waals surface area contributed by atoms with Crippen molar-refractivity contribution in [2.45, 2.75) is 0 Å². The first-order valence-electron chi connectivity index (χ1n) is 8.10. The summed E-state index contributed by atoms with van der Waals surface area (Å²) >= 11 is 1.63. The van der Waals surface area contributed by atoms with E-state index in [0.29, 0.717) is 0 Å². The highest BCUT2D eigenvalue weighted by atomic mass is 32.1. The number of fused-ring (bicyclic) bond motifs is 2. The summed E-state index contributed by atoms with van der Waals surface area (Å²) in [6.45, 7) is 0. The second-order valence-electron chi connectivity index (χ2n) is 6.00. The number of imidazole rings is 1. The molecular weight excluding hydrogens is 344 g/mol.